The second-order valence-electron chi connectivity index (χ2n) is 11.4. The molecule has 2 aromatic rings. The Hall–Kier alpha value is -1.74. The quantitative estimate of drug-likeness (QED) is 0.358. The van der Waals surface area contributed by atoms with Gasteiger partial charge >= 0.3 is 7.12 Å². The highest BCUT2D eigenvalue weighted by Gasteiger charge is 2.53. The summed E-state index contributed by atoms with van der Waals surface area (Å²) < 4.78 is 37.1. The molecule has 2 aromatic carbocycles. The van der Waals surface area contributed by atoms with Crippen molar-refractivity contribution in [3.8, 4) is 17.2 Å². The van der Waals surface area contributed by atoms with Crippen LogP contribution in [0, 0.1) is 0 Å². The van der Waals surface area contributed by atoms with Crippen LogP contribution < -0.4 is 19.7 Å². The molecule has 188 valence electrons. The van der Waals surface area contributed by atoms with E-state index in [1.165, 1.54) is 0 Å². The van der Waals surface area contributed by atoms with E-state index >= 15 is 0 Å². The third-order valence-electron chi connectivity index (χ3n) is 7.61. The maximum absolute atomic E-state index is 6.45. The number of ether oxygens (including phenoxy) is 3. The van der Waals surface area contributed by atoms with Crippen LogP contribution in [0.3, 0.4) is 0 Å². The van der Waals surface area contributed by atoms with Gasteiger partial charge in [0.15, 0.2) is 8.32 Å². The third kappa shape index (κ3) is 4.96. The van der Waals surface area contributed by atoms with Gasteiger partial charge in [-0.25, -0.2) is 0 Å². The smallest absolute Gasteiger partial charge is 0.496 e. The van der Waals surface area contributed by atoms with E-state index in [1.54, 1.807) is 14.2 Å². The van der Waals surface area contributed by atoms with Crippen molar-refractivity contribution >= 4 is 31.7 Å². The topological polar surface area (TPSA) is 55.4 Å². The zero-order chi connectivity index (χ0) is 25.5. The molecule has 0 atom stereocenters. The Morgan fingerprint density at radius 1 is 0.912 bits per heavy atom. The lowest BCUT2D eigenvalue weighted by atomic mass is 9.76. The summed E-state index contributed by atoms with van der Waals surface area (Å²) in [4.78, 5) is 0. The van der Waals surface area contributed by atoms with Gasteiger partial charge in [0.2, 0.25) is 0 Å². The van der Waals surface area contributed by atoms with Crippen LogP contribution >= 0.6 is 0 Å². The van der Waals surface area contributed by atoms with Crippen LogP contribution in [-0.4, -0.2) is 54.1 Å². The minimum Gasteiger partial charge on any atom is -0.496 e. The normalized spacial score (nSPS) is 17.8. The molecule has 1 heterocycles. The summed E-state index contributed by atoms with van der Waals surface area (Å²) >= 11 is 0. The van der Waals surface area contributed by atoms with Crippen molar-refractivity contribution in [1.82, 2.24) is 0 Å². The second kappa shape index (κ2) is 9.37. The van der Waals surface area contributed by atoms with Gasteiger partial charge in [-0.15, -0.1) is 0 Å². The molecule has 6 nitrogen and oxygen atoms in total. The molecular formula is C26H41BO6Si. The van der Waals surface area contributed by atoms with Crippen molar-refractivity contribution in [2.45, 2.75) is 77.8 Å². The highest BCUT2D eigenvalue weighted by atomic mass is 28.4. The van der Waals surface area contributed by atoms with E-state index in [1.807, 2.05) is 52.0 Å². The summed E-state index contributed by atoms with van der Waals surface area (Å²) in [6, 6.07) is 7.83. The first kappa shape index (κ1) is 26.9. The van der Waals surface area contributed by atoms with Crippen LogP contribution in [0.15, 0.2) is 24.3 Å². The molecule has 0 amide bonds. The molecule has 0 saturated carbocycles. The zero-order valence-electron chi connectivity index (χ0n) is 22.8. The standard InChI is InChI=1S/C26H41BO6Si/c1-24(2,3)34(10,11)31-16-15-30-23-19(27-32-25(4,5)26(6,7)33-27)17-21(29-9)18-13-12-14-20(28-8)22(18)23/h12-14,17H,15-16H2,1-11H3. The molecule has 1 aliphatic heterocycles. The molecule has 1 aliphatic rings. The molecule has 0 radical (unpaired) electrons. The first-order valence-electron chi connectivity index (χ1n) is 12.0. The number of hydrogen-bond donors (Lipinski definition) is 0. The second-order valence-corrected chi connectivity index (χ2v) is 16.2. The van der Waals surface area contributed by atoms with E-state index < -0.39 is 26.6 Å². The van der Waals surface area contributed by atoms with Gasteiger partial charge in [0, 0.05) is 10.8 Å². The van der Waals surface area contributed by atoms with Gasteiger partial charge in [0.1, 0.15) is 23.9 Å². The van der Waals surface area contributed by atoms with Crippen molar-refractivity contribution < 1.29 is 27.9 Å². The third-order valence-corrected chi connectivity index (χ3v) is 12.2. The number of hydrogen-bond acceptors (Lipinski definition) is 6. The van der Waals surface area contributed by atoms with Gasteiger partial charge in [-0.05, 0) is 58.0 Å². The van der Waals surface area contributed by atoms with Crippen LogP contribution in [0.2, 0.25) is 18.1 Å². The molecule has 0 unspecified atom stereocenters. The summed E-state index contributed by atoms with van der Waals surface area (Å²) in [5.74, 6) is 2.09. The number of methoxy groups -OCH3 is 2. The van der Waals surface area contributed by atoms with E-state index in [-0.39, 0.29) is 5.04 Å². The first-order chi connectivity index (χ1) is 15.6. The van der Waals surface area contributed by atoms with E-state index in [9.17, 15) is 0 Å². The Kier molecular flexibility index (Phi) is 7.41. The molecule has 0 bridgehead atoms. The lowest BCUT2D eigenvalue weighted by Crippen LogP contribution is -2.42. The van der Waals surface area contributed by atoms with E-state index in [0.717, 1.165) is 16.2 Å². The van der Waals surface area contributed by atoms with Crippen molar-refractivity contribution in [2.75, 3.05) is 27.4 Å². The van der Waals surface area contributed by atoms with Crippen molar-refractivity contribution in [3.63, 3.8) is 0 Å². The molecule has 0 aliphatic carbocycles. The first-order valence-corrected chi connectivity index (χ1v) is 14.9. The van der Waals surface area contributed by atoms with E-state index in [0.29, 0.717) is 30.5 Å². The van der Waals surface area contributed by atoms with Crippen molar-refractivity contribution in [2.24, 2.45) is 0 Å². The molecule has 1 saturated heterocycles. The SMILES string of the molecule is COc1cc(B2OC(C)(C)C(C)(C)O2)c(OCCO[Si](C)(C)C(C)(C)C)c2c(OC)cccc12. The summed E-state index contributed by atoms with van der Waals surface area (Å²) in [6.45, 7) is 20.3. The minimum absolute atomic E-state index is 0.136. The van der Waals surface area contributed by atoms with Crippen LogP contribution in [-0.2, 0) is 13.7 Å². The Bertz CT molecular complexity index is 1010. The zero-order valence-corrected chi connectivity index (χ0v) is 23.8. The van der Waals surface area contributed by atoms with Gasteiger partial charge in [-0.1, -0.05) is 32.9 Å². The van der Waals surface area contributed by atoms with Crippen molar-refractivity contribution in [3.05, 3.63) is 24.3 Å². The van der Waals surface area contributed by atoms with Gasteiger partial charge in [-0.2, -0.15) is 0 Å². The average molecular weight is 489 g/mol. The van der Waals surface area contributed by atoms with Gasteiger partial charge in [0.25, 0.3) is 0 Å². The summed E-state index contributed by atoms with van der Waals surface area (Å²) in [5.41, 5.74) is -0.188. The van der Waals surface area contributed by atoms with Crippen LogP contribution in [0.1, 0.15) is 48.5 Å². The van der Waals surface area contributed by atoms with Crippen LogP contribution in [0.25, 0.3) is 10.8 Å². The lowest BCUT2D eigenvalue weighted by molar-refractivity contribution is 0.00578. The molecule has 0 spiro atoms. The van der Waals surface area contributed by atoms with Gasteiger partial charge in [-0.3, -0.25) is 0 Å². The summed E-state index contributed by atoms with van der Waals surface area (Å²) in [6.07, 6.45) is 0. The minimum atomic E-state index is -1.88. The maximum atomic E-state index is 6.45. The predicted molar refractivity (Wildman–Crippen MR) is 141 cm³/mol. The van der Waals surface area contributed by atoms with E-state index in [4.69, 9.17) is 27.9 Å². The molecule has 34 heavy (non-hydrogen) atoms. The fraction of sp³-hybridized carbons (Fsp3) is 0.615. The fourth-order valence-corrected chi connectivity index (χ4v) is 4.72. The van der Waals surface area contributed by atoms with Crippen LogP contribution in [0.4, 0.5) is 0 Å². The Balaban J connectivity index is 2.04. The number of benzene rings is 2. The monoisotopic (exact) mass is 488 g/mol. The maximum Gasteiger partial charge on any atom is 0.498 e. The highest BCUT2D eigenvalue weighted by molar-refractivity contribution is 6.74. The molecule has 0 aromatic heterocycles. The molecule has 1 fully saturated rings. The van der Waals surface area contributed by atoms with Crippen molar-refractivity contribution in [1.29, 1.82) is 0 Å². The largest absolute Gasteiger partial charge is 0.498 e. The van der Waals surface area contributed by atoms with E-state index in [2.05, 4.69) is 33.9 Å². The highest BCUT2D eigenvalue weighted by Crippen LogP contribution is 2.42. The number of rotatable bonds is 8. The Morgan fingerprint density at radius 3 is 2.03 bits per heavy atom. The summed E-state index contributed by atoms with van der Waals surface area (Å²) in [5, 5.41) is 1.88. The average Bonchev–Trinajstić information content (AvgIpc) is 2.96. The van der Waals surface area contributed by atoms with Gasteiger partial charge < -0.3 is 27.9 Å². The Morgan fingerprint density at radius 2 is 1.50 bits per heavy atom. The lowest BCUT2D eigenvalue weighted by Gasteiger charge is -2.36. The molecule has 0 N–H and O–H groups in total. The van der Waals surface area contributed by atoms with Crippen LogP contribution in [0.5, 0.6) is 17.2 Å². The van der Waals surface area contributed by atoms with Gasteiger partial charge in [0.05, 0.1) is 37.4 Å². The fourth-order valence-electron chi connectivity index (χ4n) is 3.70. The summed E-state index contributed by atoms with van der Waals surface area (Å²) in [7, 11) is 0.835. The predicted octanol–water partition coefficient (Wildman–Crippen LogP) is 5.56. The molecule has 8 heteroatoms. The number of fused-ring (bicyclic) bond motifs is 1. The molecule has 3 rings (SSSR count). The molecular weight excluding hydrogens is 447 g/mol. The Labute approximate surface area is 206 Å².